The van der Waals surface area contributed by atoms with Crippen LogP contribution in [0.1, 0.15) is 42.5 Å². The van der Waals surface area contributed by atoms with Gasteiger partial charge in [0.2, 0.25) is 0 Å². The smallest absolute Gasteiger partial charge is 0.414 e. The molecule has 0 saturated carbocycles. The summed E-state index contributed by atoms with van der Waals surface area (Å²) in [6.07, 6.45) is -0.549. The summed E-state index contributed by atoms with van der Waals surface area (Å²) in [6.45, 7) is 7.39. The van der Waals surface area contributed by atoms with Crippen LogP contribution in [0.25, 0.3) is 11.1 Å². The van der Waals surface area contributed by atoms with Gasteiger partial charge in [0.1, 0.15) is 11.3 Å². The summed E-state index contributed by atoms with van der Waals surface area (Å²) >= 11 is 18.8. The quantitative estimate of drug-likeness (QED) is 0.349. The van der Waals surface area contributed by atoms with Gasteiger partial charge in [-0.15, -0.1) is 0 Å². The first-order valence-corrected chi connectivity index (χ1v) is 12.0. The molecule has 1 aliphatic rings. The highest BCUT2D eigenvalue weighted by Gasteiger charge is 2.37. The maximum atomic E-state index is 13.4. The minimum absolute atomic E-state index is 0.243. The van der Waals surface area contributed by atoms with Gasteiger partial charge in [0, 0.05) is 44.5 Å². The minimum atomic E-state index is -0.692. The molecule has 2 aromatic carbocycles. The second-order valence-electron chi connectivity index (χ2n) is 9.28. The van der Waals surface area contributed by atoms with Gasteiger partial charge >= 0.3 is 6.09 Å². The first kappa shape index (κ1) is 25.3. The number of rotatable bonds is 3. The number of pyridine rings is 1. The van der Waals surface area contributed by atoms with Gasteiger partial charge in [-0.05, 0) is 64.1 Å². The van der Waals surface area contributed by atoms with Crippen molar-refractivity contribution in [2.45, 2.75) is 39.8 Å². The highest BCUT2D eigenvalue weighted by molar-refractivity contribution is 6.36. The Bertz CT molecular complexity index is 1330. The summed E-state index contributed by atoms with van der Waals surface area (Å²) in [7, 11) is 1.62. The van der Waals surface area contributed by atoms with Crippen molar-refractivity contribution in [2.75, 3.05) is 16.8 Å². The lowest BCUT2D eigenvalue weighted by Gasteiger charge is -2.28. The van der Waals surface area contributed by atoms with Crippen LogP contribution < -0.4 is 9.80 Å². The van der Waals surface area contributed by atoms with E-state index in [1.807, 2.05) is 0 Å². The van der Waals surface area contributed by atoms with Crippen LogP contribution in [0.4, 0.5) is 16.2 Å². The molecule has 182 valence electrons. The van der Waals surface area contributed by atoms with Crippen molar-refractivity contribution in [1.29, 1.82) is 0 Å². The van der Waals surface area contributed by atoms with E-state index in [9.17, 15) is 9.59 Å². The van der Waals surface area contributed by atoms with E-state index < -0.39 is 11.7 Å². The van der Waals surface area contributed by atoms with E-state index in [-0.39, 0.29) is 12.5 Å². The van der Waals surface area contributed by atoms with Gasteiger partial charge in [-0.3, -0.25) is 9.69 Å². The molecule has 9 heteroatoms. The van der Waals surface area contributed by atoms with Crippen LogP contribution in [0.3, 0.4) is 0 Å². The molecule has 35 heavy (non-hydrogen) atoms. The standard InChI is InChI=1S/C26H24Cl3N3O3/c1-14-23(31(5)25(34)35-26(2,3)4)21(18-11-8-16(28)12-20(18)29)19-13-32(24(33)22(19)30-14)17-9-6-15(27)7-10-17/h6-12H,13H2,1-5H3. The number of ether oxygens (including phenoxy) is 1. The fourth-order valence-corrected chi connectivity index (χ4v) is 4.69. The van der Waals surface area contributed by atoms with Crippen LogP contribution >= 0.6 is 34.8 Å². The van der Waals surface area contributed by atoms with Gasteiger partial charge in [0.05, 0.1) is 17.9 Å². The molecule has 0 unspecified atom stereocenters. The van der Waals surface area contributed by atoms with Crippen molar-refractivity contribution >= 4 is 58.2 Å². The molecule has 2 heterocycles. The number of hydrogen-bond acceptors (Lipinski definition) is 4. The normalized spacial score (nSPS) is 13.1. The monoisotopic (exact) mass is 531 g/mol. The second kappa shape index (κ2) is 9.34. The minimum Gasteiger partial charge on any atom is -0.443 e. The highest BCUT2D eigenvalue weighted by atomic mass is 35.5. The lowest BCUT2D eigenvalue weighted by Crippen LogP contribution is -2.35. The molecular weight excluding hydrogens is 509 g/mol. The number of carbonyl (C=O) groups is 2. The fourth-order valence-electron chi connectivity index (χ4n) is 4.06. The predicted molar refractivity (Wildman–Crippen MR) is 141 cm³/mol. The number of amides is 2. The molecule has 0 spiro atoms. The van der Waals surface area contributed by atoms with Crippen molar-refractivity contribution in [3.63, 3.8) is 0 Å². The lowest BCUT2D eigenvalue weighted by atomic mass is 9.96. The maximum Gasteiger partial charge on any atom is 0.414 e. The van der Waals surface area contributed by atoms with Crippen LogP contribution in [-0.4, -0.2) is 29.6 Å². The van der Waals surface area contributed by atoms with Crippen LogP contribution in [0.2, 0.25) is 15.1 Å². The topological polar surface area (TPSA) is 62.7 Å². The van der Waals surface area contributed by atoms with Crippen molar-refractivity contribution in [2.24, 2.45) is 0 Å². The Morgan fingerprint density at radius 1 is 1.06 bits per heavy atom. The van der Waals surface area contributed by atoms with E-state index in [1.165, 1.54) is 4.90 Å². The molecule has 1 aliphatic heterocycles. The van der Waals surface area contributed by atoms with Crippen LogP contribution in [0.5, 0.6) is 0 Å². The lowest BCUT2D eigenvalue weighted by molar-refractivity contribution is 0.0589. The van der Waals surface area contributed by atoms with Gasteiger partial charge in [-0.25, -0.2) is 9.78 Å². The van der Waals surface area contributed by atoms with Crippen LogP contribution in [0, 0.1) is 6.92 Å². The number of aromatic nitrogens is 1. The van der Waals surface area contributed by atoms with E-state index >= 15 is 0 Å². The zero-order valence-electron chi connectivity index (χ0n) is 19.9. The van der Waals surface area contributed by atoms with Crippen molar-refractivity contribution in [3.8, 4) is 11.1 Å². The second-order valence-corrected chi connectivity index (χ2v) is 10.6. The van der Waals surface area contributed by atoms with Gasteiger partial charge in [-0.2, -0.15) is 0 Å². The highest BCUT2D eigenvalue weighted by Crippen LogP contribution is 2.44. The van der Waals surface area contributed by atoms with E-state index in [1.54, 1.807) is 82.1 Å². The number of hydrogen-bond donors (Lipinski definition) is 0. The number of aryl methyl sites for hydroxylation is 1. The predicted octanol–water partition coefficient (Wildman–Crippen LogP) is 7.55. The molecule has 0 N–H and O–H groups in total. The Labute approximate surface area is 219 Å². The summed E-state index contributed by atoms with van der Waals surface area (Å²) in [5.74, 6) is -0.247. The van der Waals surface area contributed by atoms with E-state index in [0.717, 1.165) is 0 Å². The number of anilines is 2. The molecule has 0 atom stereocenters. The molecule has 0 bridgehead atoms. The molecule has 3 aromatic rings. The summed E-state index contributed by atoms with van der Waals surface area (Å²) < 4.78 is 5.61. The number of benzene rings is 2. The van der Waals surface area contributed by atoms with E-state index in [4.69, 9.17) is 39.5 Å². The molecule has 0 radical (unpaired) electrons. The number of carbonyl (C=O) groups excluding carboxylic acids is 2. The Morgan fingerprint density at radius 2 is 1.69 bits per heavy atom. The van der Waals surface area contributed by atoms with Gasteiger partial charge < -0.3 is 9.64 Å². The zero-order chi connectivity index (χ0) is 25.7. The Kier molecular flexibility index (Phi) is 6.75. The molecule has 2 amide bonds. The molecule has 0 fully saturated rings. The van der Waals surface area contributed by atoms with E-state index in [2.05, 4.69) is 4.98 Å². The number of halogens is 3. The third kappa shape index (κ3) is 4.96. The molecule has 0 saturated heterocycles. The van der Waals surface area contributed by atoms with Crippen molar-refractivity contribution in [3.05, 3.63) is 74.5 Å². The SMILES string of the molecule is Cc1nc2c(c(-c3ccc(Cl)cc3Cl)c1N(C)C(=O)OC(C)(C)C)CN(c1ccc(Cl)cc1)C2=O. The average Bonchev–Trinajstić information content (AvgIpc) is 3.08. The van der Waals surface area contributed by atoms with Crippen LogP contribution in [0.15, 0.2) is 42.5 Å². The largest absolute Gasteiger partial charge is 0.443 e. The Hall–Kier alpha value is -2.80. The molecular formula is C26H24Cl3N3O3. The summed E-state index contributed by atoms with van der Waals surface area (Å²) in [5, 5.41) is 1.44. The van der Waals surface area contributed by atoms with Crippen LogP contribution in [-0.2, 0) is 11.3 Å². The number of nitrogens with zero attached hydrogens (tertiary/aromatic N) is 3. The van der Waals surface area contributed by atoms with Gasteiger partial charge in [0.25, 0.3) is 5.91 Å². The summed E-state index contributed by atoms with van der Waals surface area (Å²) in [5.41, 5.74) is 3.22. The number of fused-ring (bicyclic) bond motifs is 1. The van der Waals surface area contributed by atoms with Crippen molar-refractivity contribution < 1.29 is 14.3 Å². The third-order valence-corrected chi connectivity index (χ3v) is 6.35. The molecule has 0 aliphatic carbocycles. The summed E-state index contributed by atoms with van der Waals surface area (Å²) in [4.78, 5) is 34.1. The molecule has 6 nitrogen and oxygen atoms in total. The zero-order valence-corrected chi connectivity index (χ0v) is 22.2. The maximum absolute atomic E-state index is 13.4. The molecule has 4 rings (SSSR count). The van der Waals surface area contributed by atoms with E-state index in [0.29, 0.717) is 54.5 Å². The first-order chi connectivity index (χ1) is 16.4. The summed E-state index contributed by atoms with van der Waals surface area (Å²) in [6, 6.07) is 12.1. The fraction of sp³-hybridized carbons (Fsp3) is 0.269. The Balaban J connectivity index is 1.93. The van der Waals surface area contributed by atoms with Gasteiger partial charge in [-0.1, -0.05) is 40.9 Å². The first-order valence-electron chi connectivity index (χ1n) is 10.9. The van der Waals surface area contributed by atoms with Crippen molar-refractivity contribution in [1.82, 2.24) is 4.98 Å². The average molecular weight is 533 g/mol. The Morgan fingerprint density at radius 3 is 2.29 bits per heavy atom. The molecule has 1 aromatic heterocycles. The van der Waals surface area contributed by atoms with Gasteiger partial charge in [0.15, 0.2) is 0 Å². The third-order valence-electron chi connectivity index (χ3n) is 5.55.